The lowest BCUT2D eigenvalue weighted by molar-refractivity contribution is -0.128. The van der Waals surface area contributed by atoms with Crippen LogP contribution in [0.5, 0.6) is 11.5 Å². The number of benzene rings is 2. The van der Waals surface area contributed by atoms with Crippen molar-refractivity contribution in [3.05, 3.63) is 59.7 Å². The van der Waals surface area contributed by atoms with Crippen molar-refractivity contribution in [2.45, 2.75) is 25.9 Å². The van der Waals surface area contributed by atoms with Crippen molar-refractivity contribution >= 4 is 11.8 Å². The summed E-state index contributed by atoms with van der Waals surface area (Å²) in [4.78, 5) is 24.2. The molecule has 2 N–H and O–H groups in total. The lowest BCUT2D eigenvalue weighted by Gasteiger charge is -2.14. The van der Waals surface area contributed by atoms with Crippen LogP contribution in [0.3, 0.4) is 0 Å². The fourth-order valence-electron chi connectivity index (χ4n) is 2.53. The van der Waals surface area contributed by atoms with Gasteiger partial charge in [-0.15, -0.1) is 0 Å². The van der Waals surface area contributed by atoms with Gasteiger partial charge < -0.3 is 20.1 Å². The van der Waals surface area contributed by atoms with Gasteiger partial charge in [0.1, 0.15) is 6.04 Å². The average molecular weight is 340 g/mol. The zero-order chi connectivity index (χ0) is 17.6. The second-order valence-corrected chi connectivity index (χ2v) is 5.86. The van der Waals surface area contributed by atoms with E-state index < -0.39 is 6.04 Å². The number of hydrogen-bond acceptors (Lipinski definition) is 4. The Balaban J connectivity index is 1.46. The maximum Gasteiger partial charge on any atom is 0.242 e. The van der Waals surface area contributed by atoms with E-state index in [1.54, 1.807) is 6.92 Å². The van der Waals surface area contributed by atoms with E-state index in [2.05, 4.69) is 10.6 Å². The molecule has 1 aliphatic rings. The van der Waals surface area contributed by atoms with Crippen LogP contribution in [0.25, 0.3) is 0 Å². The second-order valence-electron chi connectivity index (χ2n) is 5.86. The van der Waals surface area contributed by atoms with Gasteiger partial charge in [0.15, 0.2) is 11.5 Å². The van der Waals surface area contributed by atoms with Gasteiger partial charge in [-0.3, -0.25) is 9.59 Å². The molecule has 0 saturated carbocycles. The zero-order valence-corrected chi connectivity index (χ0v) is 14.0. The highest BCUT2D eigenvalue weighted by atomic mass is 16.7. The topological polar surface area (TPSA) is 76.7 Å². The van der Waals surface area contributed by atoms with E-state index in [1.807, 2.05) is 48.5 Å². The molecule has 0 saturated heterocycles. The average Bonchev–Trinajstić information content (AvgIpc) is 3.08. The standard InChI is InChI=1S/C19H20N2O4/c1-13(21-18(22)10-14-5-3-2-4-6-14)19(23)20-11-15-7-8-16-17(9-15)25-12-24-16/h2-9,13H,10-12H2,1H3,(H,20,23)(H,21,22)/t13-/m0/s1. The van der Waals surface area contributed by atoms with Crippen LogP contribution in [0, 0.1) is 0 Å². The van der Waals surface area contributed by atoms with Crippen molar-refractivity contribution in [1.29, 1.82) is 0 Å². The molecule has 2 aromatic carbocycles. The van der Waals surface area contributed by atoms with Gasteiger partial charge in [-0.05, 0) is 30.2 Å². The maximum atomic E-state index is 12.2. The van der Waals surface area contributed by atoms with E-state index >= 15 is 0 Å². The SMILES string of the molecule is C[C@H](NC(=O)Cc1ccccc1)C(=O)NCc1ccc2c(c1)OCO2. The molecule has 1 aliphatic heterocycles. The molecule has 6 nitrogen and oxygen atoms in total. The Kier molecular flexibility index (Phi) is 5.18. The smallest absolute Gasteiger partial charge is 0.242 e. The number of rotatable bonds is 6. The molecule has 0 aromatic heterocycles. The summed E-state index contributed by atoms with van der Waals surface area (Å²) in [5.74, 6) is 0.962. The Hall–Kier alpha value is -3.02. The van der Waals surface area contributed by atoms with Crippen LogP contribution >= 0.6 is 0 Å². The Labute approximate surface area is 146 Å². The molecule has 6 heteroatoms. The van der Waals surface area contributed by atoms with Crippen LogP contribution in [0.2, 0.25) is 0 Å². The number of carbonyl (C=O) groups excluding carboxylic acids is 2. The Bertz CT molecular complexity index is 761. The van der Waals surface area contributed by atoms with Crippen molar-refractivity contribution in [2.24, 2.45) is 0 Å². The Morgan fingerprint density at radius 2 is 1.80 bits per heavy atom. The fourth-order valence-corrected chi connectivity index (χ4v) is 2.53. The van der Waals surface area contributed by atoms with Gasteiger partial charge in [-0.25, -0.2) is 0 Å². The first-order chi connectivity index (χ1) is 12.1. The number of hydrogen-bond donors (Lipinski definition) is 2. The molecule has 1 heterocycles. The summed E-state index contributed by atoms with van der Waals surface area (Å²) < 4.78 is 10.6. The highest BCUT2D eigenvalue weighted by molar-refractivity contribution is 5.88. The number of fused-ring (bicyclic) bond motifs is 1. The summed E-state index contributed by atoms with van der Waals surface area (Å²) in [5, 5.41) is 5.52. The van der Waals surface area contributed by atoms with Crippen LogP contribution in [0.4, 0.5) is 0 Å². The minimum atomic E-state index is -0.606. The Morgan fingerprint density at radius 3 is 2.60 bits per heavy atom. The van der Waals surface area contributed by atoms with Crippen LogP contribution in [-0.2, 0) is 22.6 Å². The molecule has 0 fully saturated rings. The van der Waals surface area contributed by atoms with Crippen LogP contribution in [0.15, 0.2) is 48.5 Å². The molecular formula is C19H20N2O4. The Morgan fingerprint density at radius 1 is 1.04 bits per heavy atom. The third-order valence-corrected chi connectivity index (χ3v) is 3.88. The molecular weight excluding hydrogens is 320 g/mol. The molecule has 0 radical (unpaired) electrons. The number of ether oxygens (including phenoxy) is 2. The van der Waals surface area contributed by atoms with Gasteiger partial charge in [-0.2, -0.15) is 0 Å². The predicted molar refractivity (Wildman–Crippen MR) is 92.2 cm³/mol. The van der Waals surface area contributed by atoms with Crippen LogP contribution in [0.1, 0.15) is 18.1 Å². The number of carbonyl (C=O) groups is 2. The zero-order valence-electron chi connectivity index (χ0n) is 14.0. The van der Waals surface area contributed by atoms with Gasteiger partial charge in [-0.1, -0.05) is 36.4 Å². The molecule has 0 aliphatic carbocycles. The molecule has 0 bridgehead atoms. The fraction of sp³-hybridized carbons (Fsp3) is 0.263. The molecule has 2 amide bonds. The second kappa shape index (κ2) is 7.70. The van der Waals surface area contributed by atoms with E-state index in [0.717, 1.165) is 11.1 Å². The monoisotopic (exact) mass is 340 g/mol. The molecule has 0 unspecified atom stereocenters. The lowest BCUT2D eigenvalue weighted by atomic mass is 10.1. The molecule has 2 aromatic rings. The van der Waals surface area contributed by atoms with E-state index in [0.29, 0.717) is 18.0 Å². The summed E-state index contributed by atoms with van der Waals surface area (Å²) in [5.41, 5.74) is 1.81. The quantitative estimate of drug-likeness (QED) is 0.840. The highest BCUT2D eigenvalue weighted by Crippen LogP contribution is 2.32. The van der Waals surface area contributed by atoms with E-state index in [4.69, 9.17) is 9.47 Å². The summed E-state index contributed by atoms with van der Waals surface area (Å²) in [7, 11) is 0. The largest absolute Gasteiger partial charge is 0.454 e. The third-order valence-electron chi connectivity index (χ3n) is 3.88. The van der Waals surface area contributed by atoms with Gasteiger partial charge >= 0.3 is 0 Å². The third kappa shape index (κ3) is 4.50. The first kappa shape index (κ1) is 16.8. The molecule has 1 atom stereocenters. The molecule has 130 valence electrons. The summed E-state index contributed by atoms with van der Waals surface area (Å²) >= 11 is 0. The molecule has 25 heavy (non-hydrogen) atoms. The number of nitrogens with one attached hydrogen (secondary N) is 2. The van der Waals surface area contributed by atoms with Crippen molar-refractivity contribution in [3.63, 3.8) is 0 Å². The van der Waals surface area contributed by atoms with Crippen molar-refractivity contribution < 1.29 is 19.1 Å². The van der Waals surface area contributed by atoms with Crippen LogP contribution in [-0.4, -0.2) is 24.6 Å². The van der Waals surface area contributed by atoms with Crippen molar-refractivity contribution in [2.75, 3.05) is 6.79 Å². The van der Waals surface area contributed by atoms with Crippen molar-refractivity contribution in [3.8, 4) is 11.5 Å². The minimum Gasteiger partial charge on any atom is -0.454 e. The summed E-state index contributed by atoms with van der Waals surface area (Å²) in [6, 6.07) is 14.3. The maximum absolute atomic E-state index is 12.2. The summed E-state index contributed by atoms with van der Waals surface area (Å²) in [6.45, 7) is 2.24. The van der Waals surface area contributed by atoms with Crippen LogP contribution < -0.4 is 20.1 Å². The van der Waals surface area contributed by atoms with E-state index in [-0.39, 0.29) is 25.0 Å². The minimum absolute atomic E-state index is 0.183. The van der Waals surface area contributed by atoms with Gasteiger partial charge in [0.2, 0.25) is 18.6 Å². The van der Waals surface area contributed by atoms with Gasteiger partial charge in [0, 0.05) is 6.54 Å². The first-order valence-electron chi connectivity index (χ1n) is 8.11. The molecule has 0 spiro atoms. The van der Waals surface area contributed by atoms with Gasteiger partial charge in [0.25, 0.3) is 0 Å². The predicted octanol–water partition coefficient (Wildman–Crippen LogP) is 1.78. The van der Waals surface area contributed by atoms with E-state index in [1.165, 1.54) is 0 Å². The normalized spacial score (nSPS) is 13.2. The van der Waals surface area contributed by atoms with E-state index in [9.17, 15) is 9.59 Å². The molecule has 3 rings (SSSR count). The van der Waals surface area contributed by atoms with Crippen molar-refractivity contribution in [1.82, 2.24) is 10.6 Å². The summed E-state index contributed by atoms with van der Waals surface area (Å²) in [6.07, 6.45) is 0.251. The highest BCUT2D eigenvalue weighted by Gasteiger charge is 2.17. The lowest BCUT2D eigenvalue weighted by Crippen LogP contribution is -2.45. The first-order valence-corrected chi connectivity index (χ1v) is 8.11. The van der Waals surface area contributed by atoms with Gasteiger partial charge in [0.05, 0.1) is 6.42 Å². The number of amides is 2.